The van der Waals surface area contributed by atoms with Crippen LogP contribution in [0, 0.1) is 18.3 Å². The van der Waals surface area contributed by atoms with E-state index >= 15 is 0 Å². The number of rotatable bonds is 1. The SMILES string of the molecule is Cc1ccc(C#N)c(Br)c1S(=O)(=O)Cl. The summed E-state index contributed by atoms with van der Waals surface area (Å²) in [5.74, 6) is 0. The fourth-order valence-electron chi connectivity index (χ4n) is 1.04. The van der Waals surface area contributed by atoms with Gasteiger partial charge in [-0.2, -0.15) is 5.26 Å². The lowest BCUT2D eigenvalue weighted by atomic mass is 10.2. The van der Waals surface area contributed by atoms with Gasteiger partial charge in [0.2, 0.25) is 0 Å². The lowest BCUT2D eigenvalue weighted by Crippen LogP contribution is -1.97. The molecule has 0 aliphatic carbocycles. The Morgan fingerprint density at radius 3 is 2.50 bits per heavy atom. The van der Waals surface area contributed by atoms with E-state index in [1.807, 2.05) is 6.07 Å². The molecule has 0 aliphatic heterocycles. The minimum atomic E-state index is -3.82. The highest BCUT2D eigenvalue weighted by Gasteiger charge is 2.19. The zero-order valence-electron chi connectivity index (χ0n) is 7.08. The van der Waals surface area contributed by atoms with Crippen molar-refractivity contribution in [3.05, 3.63) is 27.7 Å². The quantitative estimate of drug-likeness (QED) is 0.748. The molecule has 0 N–H and O–H groups in total. The monoisotopic (exact) mass is 293 g/mol. The summed E-state index contributed by atoms with van der Waals surface area (Å²) in [6, 6.07) is 4.94. The van der Waals surface area contributed by atoms with Crippen LogP contribution in [0.25, 0.3) is 0 Å². The molecule has 3 nitrogen and oxygen atoms in total. The van der Waals surface area contributed by atoms with Gasteiger partial charge in [-0.05, 0) is 34.5 Å². The first-order chi connectivity index (χ1) is 6.38. The third-order valence-electron chi connectivity index (χ3n) is 1.66. The van der Waals surface area contributed by atoms with Crippen LogP contribution in [0.1, 0.15) is 11.1 Å². The number of hydrogen-bond acceptors (Lipinski definition) is 3. The van der Waals surface area contributed by atoms with Crippen LogP contribution in [-0.2, 0) is 9.05 Å². The van der Waals surface area contributed by atoms with Crippen molar-refractivity contribution in [1.29, 1.82) is 5.26 Å². The number of benzene rings is 1. The zero-order valence-corrected chi connectivity index (χ0v) is 10.2. The molecule has 0 atom stereocenters. The predicted octanol–water partition coefficient (Wildman–Crippen LogP) is 2.56. The Balaban J connectivity index is 3.68. The Labute approximate surface area is 94.9 Å². The first-order valence-electron chi connectivity index (χ1n) is 3.52. The van der Waals surface area contributed by atoms with Gasteiger partial charge in [-0.15, -0.1) is 0 Å². The van der Waals surface area contributed by atoms with Crippen LogP contribution < -0.4 is 0 Å². The fraction of sp³-hybridized carbons (Fsp3) is 0.125. The Morgan fingerprint density at radius 1 is 1.50 bits per heavy atom. The third-order valence-corrected chi connectivity index (χ3v) is 4.22. The minimum Gasteiger partial charge on any atom is -0.207 e. The smallest absolute Gasteiger partial charge is 0.207 e. The van der Waals surface area contributed by atoms with Crippen molar-refractivity contribution < 1.29 is 8.42 Å². The highest BCUT2D eigenvalue weighted by atomic mass is 79.9. The molecule has 14 heavy (non-hydrogen) atoms. The summed E-state index contributed by atoms with van der Waals surface area (Å²) < 4.78 is 22.6. The molecule has 0 amide bonds. The molecule has 0 heterocycles. The van der Waals surface area contributed by atoms with E-state index in [1.54, 1.807) is 13.0 Å². The summed E-state index contributed by atoms with van der Waals surface area (Å²) in [6.07, 6.45) is 0. The van der Waals surface area contributed by atoms with Gasteiger partial charge in [0.25, 0.3) is 9.05 Å². The van der Waals surface area contributed by atoms with E-state index in [2.05, 4.69) is 15.9 Å². The molecule has 0 saturated carbocycles. The van der Waals surface area contributed by atoms with E-state index < -0.39 is 9.05 Å². The topological polar surface area (TPSA) is 57.9 Å². The minimum absolute atomic E-state index is 0.0433. The van der Waals surface area contributed by atoms with Crippen molar-refractivity contribution >= 4 is 35.7 Å². The number of nitrogens with zero attached hydrogens (tertiary/aromatic N) is 1. The molecule has 0 bridgehead atoms. The third kappa shape index (κ3) is 2.08. The van der Waals surface area contributed by atoms with Crippen LogP contribution >= 0.6 is 26.6 Å². The van der Waals surface area contributed by atoms with Gasteiger partial charge < -0.3 is 0 Å². The zero-order chi connectivity index (χ0) is 10.9. The summed E-state index contributed by atoms with van der Waals surface area (Å²) in [4.78, 5) is -0.0433. The van der Waals surface area contributed by atoms with E-state index in [0.717, 1.165) is 0 Å². The molecule has 0 spiro atoms. The summed E-state index contributed by atoms with van der Waals surface area (Å²) >= 11 is 3.04. The molecule has 1 rings (SSSR count). The van der Waals surface area contributed by atoms with Crippen molar-refractivity contribution in [3.63, 3.8) is 0 Å². The van der Waals surface area contributed by atoms with E-state index in [9.17, 15) is 8.42 Å². The maximum Gasteiger partial charge on any atom is 0.262 e. The lowest BCUT2D eigenvalue weighted by Gasteiger charge is -2.05. The Morgan fingerprint density at radius 2 is 2.07 bits per heavy atom. The molecule has 74 valence electrons. The van der Waals surface area contributed by atoms with E-state index in [-0.39, 0.29) is 14.9 Å². The number of hydrogen-bond donors (Lipinski definition) is 0. The number of nitriles is 1. The normalized spacial score (nSPS) is 11.0. The van der Waals surface area contributed by atoms with Gasteiger partial charge in [0, 0.05) is 10.7 Å². The number of aryl methyl sites for hydroxylation is 1. The van der Waals surface area contributed by atoms with Gasteiger partial charge >= 0.3 is 0 Å². The average molecular weight is 295 g/mol. The molecular formula is C8H5BrClNO2S. The second-order valence-electron chi connectivity index (χ2n) is 2.62. The summed E-state index contributed by atoms with van der Waals surface area (Å²) in [6.45, 7) is 1.61. The van der Waals surface area contributed by atoms with Crippen molar-refractivity contribution in [2.24, 2.45) is 0 Å². The second-order valence-corrected chi connectivity index (χ2v) is 5.92. The fourth-order valence-corrected chi connectivity index (χ4v) is 3.86. The summed E-state index contributed by atoms with van der Waals surface area (Å²) in [5, 5.41) is 8.68. The molecule has 0 aromatic heterocycles. The molecule has 0 fully saturated rings. The maximum absolute atomic E-state index is 11.2. The average Bonchev–Trinajstić information content (AvgIpc) is 2.02. The van der Waals surface area contributed by atoms with Crippen molar-refractivity contribution in [2.75, 3.05) is 0 Å². The second kappa shape index (κ2) is 3.89. The largest absolute Gasteiger partial charge is 0.262 e. The van der Waals surface area contributed by atoms with Gasteiger partial charge in [0.05, 0.1) is 10.0 Å². The molecular weight excluding hydrogens is 290 g/mol. The first-order valence-corrected chi connectivity index (χ1v) is 6.62. The molecule has 0 radical (unpaired) electrons. The lowest BCUT2D eigenvalue weighted by molar-refractivity contribution is 0.608. The highest BCUT2D eigenvalue weighted by Crippen LogP contribution is 2.30. The highest BCUT2D eigenvalue weighted by molar-refractivity contribution is 9.10. The van der Waals surface area contributed by atoms with Crippen molar-refractivity contribution in [3.8, 4) is 6.07 Å². The van der Waals surface area contributed by atoms with Crippen LogP contribution in [0.4, 0.5) is 0 Å². The van der Waals surface area contributed by atoms with Crippen LogP contribution in [0.5, 0.6) is 0 Å². The Kier molecular flexibility index (Phi) is 3.20. The Hall–Kier alpha value is -0.570. The van der Waals surface area contributed by atoms with Crippen LogP contribution in [0.2, 0.25) is 0 Å². The van der Waals surface area contributed by atoms with E-state index in [0.29, 0.717) is 5.56 Å². The molecule has 0 aliphatic rings. The van der Waals surface area contributed by atoms with E-state index in [4.69, 9.17) is 15.9 Å². The molecule has 1 aromatic rings. The van der Waals surface area contributed by atoms with Crippen LogP contribution in [0.15, 0.2) is 21.5 Å². The van der Waals surface area contributed by atoms with Gasteiger partial charge in [0.15, 0.2) is 0 Å². The van der Waals surface area contributed by atoms with E-state index in [1.165, 1.54) is 6.07 Å². The van der Waals surface area contributed by atoms with Crippen molar-refractivity contribution in [1.82, 2.24) is 0 Å². The summed E-state index contributed by atoms with van der Waals surface area (Å²) in [7, 11) is 1.41. The predicted molar refractivity (Wildman–Crippen MR) is 56.6 cm³/mol. The van der Waals surface area contributed by atoms with Gasteiger partial charge in [-0.25, -0.2) is 8.42 Å². The maximum atomic E-state index is 11.2. The molecule has 6 heteroatoms. The number of halogens is 2. The standard InChI is InChI=1S/C8H5BrClNO2S/c1-5-2-3-6(4-11)7(9)8(5)14(10,12)13/h2-3H,1H3. The van der Waals surface area contributed by atoms with Crippen molar-refractivity contribution in [2.45, 2.75) is 11.8 Å². The molecule has 1 aromatic carbocycles. The van der Waals surface area contributed by atoms with Crippen LogP contribution in [-0.4, -0.2) is 8.42 Å². The van der Waals surface area contributed by atoms with Gasteiger partial charge in [-0.1, -0.05) is 6.07 Å². The first kappa shape index (κ1) is 11.5. The Bertz CT molecular complexity index is 519. The molecule has 0 unspecified atom stereocenters. The summed E-state index contributed by atoms with van der Waals surface area (Å²) in [5.41, 5.74) is 0.751. The molecule has 0 saturated heterocycles. The van der Waals surface area contributed by atoms with Gasteiger partial charge in [-0.3, -0.25) is 0 Å². The van der Waals surface area contributed by atoms with Crippen LogP contribution in [0.3, 0.4) is 0 Å². The van der Waals surface area contributed by atoms with Gasteiger partial charge in [0.1, 0.15) is 11.0 Å².